The number of Topliss-reactive ketones (excluding diaryl/α,β-unsaturated/α-hetero) is 16. The largest absolute Gasteiger partial charge is 0.294 e. The Morgan fingerprint density at radius 1 is 0.295 bits per heavy atom. The second kappa shape index (κ2) is 61.9. The molecule has 0 aliphatic heterocycles. The van der Waals surface area contributed by atoms with Gasteiger partial charge in [0.1, 0.15) is 13.0 Å². The van der Waals surface area contributed by atoms with Crippen molar-refractivity contribution in [1.29, 1.82) is 0 Å². The Kier molecular flexibility index (Phi) is 52.0. The zero-order valence-electron chi connectivity index (χ0n) is 76.9. The van der Waals surface area contributed by atoms with Crippen LogP contribution in [0.4, 0.5) is 0 Å². The molecule has 0 fully saturated rings. The third kappa shape index (κ3) is 39.1. The van der Waals surface area contributed by atoms with Crippen molar-refractivity contribution >= 4 is 402 Å². The number of hydrogen-bond donors (Lipinski definition) is 0. The van der Waals surface area contributed by atoms with E-state index in [0.29, 0.717) is 160 Å². The molecule has 13 aromatic rings. The van der Waals surface area contributed by atoms with Gasteiger partial charge in [0.15, 0.2) is 92.5 Å². The van der Waals surface area contributed by atoms with E-state index in [0.717, 1.165) is 89.9 Å². The first kappa shape index (κ1) is 123. The van der Waals surface area contributed by atoms with Gasteiger partial charge < -0.3 is 0 Å². The molecule has 0 atom stereocenters. The minimum absolute atomic E-state index is 0.00335. The van der Waals surface area contributed by atoms with Crippen LogP contribution in [0.3, 0.4) is 0 Å². The molecule has 0 spiro atoms. The summed E-state index contributed by atoms with van der Waals surface area (Å²) in [4.78, 5) is 199. The predicted molar refractivity (Wildman–Crippen MR) is 615 cm³/mol. The number of rotatable bonds is 40. The molecule has 0 saturated carbocycles. The highest BCUT2D eigenvalue weighted by molar-refractivity contribution is 7.21. The summed E-state index contributed by atoms with van der Waals surface area (Å²) in [6.45, 7) is 7.57. The first-order valence-corrected chi connectivity index (χ1v) is 59.8. The summed E-state index contributed by atoms with van der Waals surface area (Å²) in [5, 5.41) is 18.2. The van der Waals surface area contributed by atoms with E-state index in [4.69, 9.17) is 162 Å². The quantitative estimate of drug-likeness (QED) is 0.0323. The molecule has 3 aliphatic carbocycles. The molecule has 0 N–H and O–H groups in total. The molecule has 13 aromatic heterocycles. The second-order valence-electron chi connectivity index (χ2n) is 31.0. The summed E-state index contributed by atoms with van der Waals surface area (Å²) >= 11 is 99.4. The highest BCUT2D eigenvalue weighted by atomic mass is 35.5. The monoisotopic (exact) mass is 2480 g/mol. The van der Waals surface area contributed by atoms with Crippen LogP contribution in [0.2, 0.25) is 51.8 Å². The first-order chi connectivity index (χ1) is 69.4. The Hall–Kier alpha value is -6.68. The number of hydrogen-bond acceptors (Lipinski definition) is 29. The maximum absolute atomic E-state index is 12.2. The van der Waals surface area contributed by atoms with Crippen LogP contribution in [0.25, 0.3) is 0 Å². The second-order valence-corrected chi connectivity index (χ2v) is 51.3. The molecule has 764 valence electrons. The molecule has 0 amide bonds. The summed E-state index contributed by atoms with van der Waals surface area (Å²) in [7, 11) is 0. The highest BCUT2D eigenvalue weighted by Gasteiger charge is 2.28. The minimum atomic E-state index is -0.285. The lowest BCUT2D eigenvalue weighted by Crippen LogP contribution is -2.06. The van der Waals surface area contributed by atoms with Gasteiger partial charge in [-0.1, -0.05) is 205 Å². The molecule has 13 heterocycles. The van der Waals surface area contributed by atoms with Crippen molar-refractivity contribution in [2.75, 3.05) is 0 Å². The third-order valence-corrected chi connectivity index (χ3v) is 38.4. The zero-order valence-corrected chi connectivity index (χ0v) is 98.1. The molecule has 0 aromatic carbocycles. The number of aryl methyl sites for hydroxylation is 4. The highest BCUT2D eigenvalue weighted by Crippen LogP contribution is 2.43. The van der Waals surface area contributed by atoms with Gasteiger partial charge in [-0.05, 0) is 152 Å². The van der Waals surface area contributed by atoms with Gasteiger partial charge in [-0.25, -0.2) is 0 Å². The number of carbonyl (C=O) groups is 16. The summed E-state index contributed by atoms with van der Waals surface area (Å²) < 4.78 is 2.01. The van der Waals surface area contributed by atoms with Crippen molar-refractivity contribution in [3.05, 3.63) is 346 Å². The van der Waals surface area contributed by atoms with E-state index in [-0.39, 0.29) is 168 Å². The Morgan fingerprint density at radius 2 is 0.726 bits per heavy atom. The minimum Gasteiger partial charge on any atom is -0.294 e. The Morgan fingerprint density at radius 3 is 1.08 bits per heavy atom. The molecular weight excluding hydrogens is 2410 g/mol. The average Bonchev–Trinajstić information content (AvgIpc) is 1.71. The Balaban J connectivity index is 0.000000186. The molecule has 3 aliphatic rings. The maximum Gasteiger partial charge on any atom is 0.174 e. The van der Waals surface area contributed by atoms with Crippen molar-refractivity contribution in [3.8, 4) is 0 Å². The van der Waals surface area contributed by atoms with E-state index in [1.165, 1.54) is 126 Å². The van der Waals surface area contributed by atoms with E-state index >= 15 is 0 Å². The van der Waals surface area contributed by atoms with Gasteiger partial charge in [0.2, 0.25) is 0 Å². The number of halogens is 14. The lowest BCUT2D eigenvalue weighted by molar-refractivity contribution is -0.116. The smallest absolute Gasteiger partial charge is 0.174 e. The van der Waals surface area contributed by atoms with E-state index < -0.39 is 0 Å². The van der Waals surface area contributed by atoms with Crippen LogP contribution in [0.1, 0.15) is 270 Å². The van der Waals surface area contributed by atoms with Gasteiger partial charge in [0.05, 0.1) is 82.7 Å². The fourth-order valence-electron chi connectivity index (χ4n) is 12.6. The number of allylic oxidation sites excluding steroid dienone is 12. The van der Waals surface area contributed by atoms with E-state index in [2.05, 4.69) is 0 Å². The number of carbonyl (C=O) groups excluding carboxylic acids is 16. The summed E-state index contributed by atoms with van der Waals surface area (Å²) in [5.41, 5.74) is 4.10. The number of ketones is 16. The molecule has 16 rings (SSSR count). The van der Waals surface area contributed by atoms with Crippen molar-refractivity contribution < 1.29 is 76.7 Å². The molecule has 43 heteroatoms. The lowest BCUT2D eigenvalue weighted by Gasteiger charge is -2.01. The van der Waals surface area contributed by atoms with Gasteiger partial charge in [0.25, 0.3) is 0 Å². The van der Waals surface area contributed by atoms with Crippen molar-refractivity contribution in [2.24, 2.45) is 0 Å². The molecule has 0 bridgehead atoms. The van der Waals surface area contributed by atoms with Crippen LogP contribution in [-0.4, -0.2) is 92.5 Å². The van der Waals surface area contributed by atoms with Crippen molar-refractivity contribution in [2.45, 2.75) is 150 Å². The normalized spacial score (nSPS) is 12.0. The first-order valence-electron chi connectivity index (χ1n) is 43.4. The molecule has 16 nitrogen and oxygen atoms in total. The van der Waals surface area contributed by atoms with Crippen LogP contribution in [0, 0.1) is 27.7 Å². The molecule has 146 heavy (non-hydrogen) atoms. The Labute approximate surface area is 963 Å². The average molecular weight is 2490 g/mol. The fourth-order valence-corrected chi connectivity index (χ4v) is 26.8. The molecule has 0 saturated heterocycles. The van der Waals surface area contributed by atoms with Gasteiger partial charge in [0, 0.05) is 205 Å². The van der Waals surface area contributed by atoms with E-state index in [1.54, 1.807) is 73.0 Å². The van der Waals surface area contributed by atoms with Crippen LogP contribution in [-0.2, 0) is 14.4 Å². The topological polar surface area (TPSA) is 273 Å². The SMILES string of the molecule is Cc1ccc(C(=O)CCC(=O)c2cccs2)s1.Cc1ccc(C(=O)CCC(=O)c2cccs2)s1.Cc1sc(C(=O)CCC(=O)c2cc(Cl)c(Cl)s2)cc1Cl.Cc1sc(C(=O)CCC(=O)c2sc(Cl)c(Cl)c2Cl)c(Cl)c1Cl.O=C(CCC(=O)c1cc(Cl)sc1Cl)C1=C(Cl)CC(Cl)=C1.O=C(CCC(=O)c1cccs1)c1ccsc1.O=C(CCC(=O)c1ccsc1)C1=CCC=C1.O=C(CCC(=O)c1csc(Cl)c1)C1=CCC(Cl)=C1. The van der Waals surface area contributed by atoms with Gasteiger partial charge >= 0.3 is 0 Å². The zero-order chi connectivity index (χ0) is 107. The fraction of sp³-hybridized carbons (Fsp3) is 0.223. The van der Waals surface area contributed by atoms with Gasteiger partial charge in [-0.15, -0.1) is 125 Å². The van der Waals surface area contributed by atoms with Crippen molar-refractivity contribution in [1.82, 2.24) is 0 Å². The van der Waals surface area contributed by atoms with Crippen molar-refractivity contribution in [3.63, 3.8) is 0 Å². The maximum atomic E-state index is 12.2. The third-order valence-electron chi connectivity index (χ3n) is 20.3. The summed E-state index contributed by atoms with van der Waals surface area (Å²) in [6, 6.07) is 28.4. The number of thiophene rings is 13. The molecule has 0 unspecified atom stereocenters. The predicted octanol–water partition coefficient (Wildman–Crippen LogP) is 37.9. The standard InChI is InChI=1S/C13H7Cl5O2S2.C13H8Cl4O2S.C13H9Cl3O2S2.C13H10Cl2O2S.2C13H12O2S2.C13H12O2S.C12H10O2S2/c1-4-7(14)8(15)11(21-4)5(19)2-3-6(20)12-9(16)10(17)13(18)22-12;14-6-3-7(9(15)4-6)10(18)1-2-11(19)8-5-12(16)20-13(8)17;1-6-7(14)4-11(19-6)9(17)2-3-10(18)12-5-8(15)13(16)20-12;14-10-2-1-8(5-10)11(16)3-4-12(17)9-6-13(15)18-7-9;2*1-9-4-7-13(17-9)11(15)6-5-10(14)12-3-2-8-16-12;14-12(10-3-1-2-4-10)5-6-13(15)11-7-8-16-9-11;13-10(9-5-7-15-8-9)3-4-11(14)12-2-1-6-16-12/h2-3H2,1H3;3,5H,1-2,4H2;4-5H,2-3H2,1H3;1,5-7H,2-4H2;2*2-4,7-8H,5-6H2,1H3;1,3-4,7-9H,2,5-6H2;1-2,5-8H,3-4H2. The molecule has 0 radical (unpaired) electrons. The van der Waals surface area contributed by atoms with E-state index in [9.17, 15) is 76.7 Å². The van der Waals surface area contributed by atoms with Gasteiger partial charge in [-0.3, -0.25) is 76.7 Å². The van der Waals surface area contributed by atoms with Crippen LogP contribution < -0.4 is 0 Å². The van der Waals surface area contributed by atoms with Gasteiger partial charge in [-0.2, -0.15) is 22.7 Å². The van der Waals surface area contributed by atoms with Crippen LogP contribution >= 0.6 is 310 Å². The van der Waals surface area contributed by atoms with Crippen LogP contribution in [0.15, 0.2) is 208 Å². The lowest BCUT2D eigenvalue weighted by atomic mass is 10.0. The summed E-state index contributed by atoms with van der Waals surface area (Å²) in [6.07, 6.45) is 15.8. The summed E-state index contributed by atoms with van der Waals surface area (Å²) in [5.74, 6) is -0.767. The molecular formula is C103H80Cl14O16S13. The van der Waals surface area contributed by atoms with Crippen LogP contribution in [0.5, 0.6) is 0 Å². The Bertz CT molecular complexity index is 6810. The van der Waals surface area contributed by atoms with E-state index in [1.807, 2.05) is 119 Å².